The Bertz CT molecular complexity index is 722. The highest BCUT2D eigenvalue weighted by Gasteiger charge is 2.21. The lowest BCUT2D eigenvalue weighted by Crippen LogP contribution is -2.34. The van der Waals surface area contributed by atoms with Gasteiger partial charge in [-0.15, -0.1) is 0 Å². The lowest BCUT2D eigenvalue weighted by Gasteiger charge is -2.31. The third-order valence-electron chi connectivity index (χ3n) is 4.40. The second kappa shape index (κ2) is 8.51. The molecule has 1 atom stereocenters. The molecule has 1 aromatic heterocycles. The maximum Gasteiger partial charge on any atom is 0.153 e. The van der Waals surface area contributed by atoms with Gasteiger partial charge in [0.15, 0.2) is 11.1 Å². The van der Waals surface area contributed by atoms with Crippen LogP contribution >= 0.6 is 0 Å². The number of hydrogen-bond acceptors (Lipinski definition) is 4. The molecule has 3 rings (SSSR count). The molecule has 1 saturated heterocycles. The van der Waals surface area contributed by atoms with Crippen molar-refractivity contribution in [1.82, 2.24) is 9.88 Å². The van der Waals surface area contributed by atoms with Gasteiger partial charge in [-0.1, -0.05) is 0 Å². The molecule has 0 spiro atoms. The molecule has 1 aliphatic rings. The van der Waals surface area contributed by atoms with Crippen LogP contribution in [0.2, 0.25) is 0 Å². The SMILES string of the molecule is O=S(O)CC1CCN(Cc2cc(F)cc(Nc3cccnc3)c2)CC1. The number of nitrogens with zero attached hydrogens (tertiary/aromatic N) is 2. The van der Waals surface area contributed by atoms with Crippen molar-refractivity contribution in [2.24, 2.45) is 5.92 Å². The molecule has 0 amide bonds. The van der Waals surface area contributed by atoms with Gasteiger partial charge < -0.3 is 9.87 Å². The molecule has 1 fully saturated rings. The van der Waals surface area contributed by atoms with Crippen LogP contribution in [0.25, 0.3) is 0 Å². The minimum Gasteiger partial charge on any atom is -0.354 e. The van der Waals surface area contributed by atoms with Crippen LogP contribution in [0.1, 0.15) is 18.4 Å². The molecule has 2 aromatic rings. The Morgan fingerprint density at radius 2 is 2.08 bits per heavy atom. The third kappa shape index (κ3) is 5.59. The first-order valence-electron chi connectivity index (χ1n) is 8.35. The second-order valence-electron chi connectivity index (χ2n) is 6.42. The maximum absolute atomic E-state index is 14.0. The van der Waals surface area contributed by atoms with E-state index in [4.69, 9.17) is 4.55 Å². The van der Waals surface area contributed by atoms with Gasteiger partial charge >= 0.3 is 0 Å². The van der Waals surface area contributed by atoms with Crippen molar-refractivity contribution in [2.45, 2.75) is 19.4 Å². The summed E-state index contributed by atoms with van der Waals surface area (Å²) in [5, 5.41) is 3.17. The lowest BCUT2D eigenvalue weighted by atomic mass is 9.98. The van der Waals surface area contributed by atoms with Gasteiger partial charge in [0, 0.05) is 18.4 Å². The molecule has 1 aromatic carbocycles. The molecule has 0 bridgehead atoms. The number of rotatable bonds is 6. The predicted octanol–water partition coefficient (Wildman–Crippen LogP) is 3.40. The van der Waals surface area contributed by atoms with Crippen molar-refractivity contribution in [3.8, 4) is 0 Å². The van der Waals surface area contributed by atoms with E-state index in [0.29, 0.717) is 23.9 Å². The summed E-state index contributed by atoms with van der Waals surface area (Å²) in [6, 6.07) is 8.69. The van der Waals surface area contributed by atoms with Crippen LogP contribution in [-0.2, 0) is 17.6 Å². The molecule has 2 N–H and O–H groups in total. The fourth-order valence-corrected chi connectivity index (χ4v) is 3.92. The maximum atomic E-state index is 14.0. The first kappa shape index (κ1) is 18.0. The molecule has 25 heavy (non-hydrogen) atoms. The van der Waals surface area contributed by atoms with Gasteiger partial charge in [-0.3, -0.25) is 9.88 Å². The molecule has 0 radical (unpaired) electrons. The summed E-state index contributed by atoms with van der Waals surface area (Å²) in [6.07, 6.45) is 5.20. The second-order valence-corrected chi connectivity index (χ2v) is 7.40. The van der Waals surface area contributed by atoms with Crippen molar-refractivity contribution in [2.75, 3.05) is 24.2 Å². The minimum atomic E-state index is -1.72. The van der Waals surface area contributed by atoms with Crippen LogP contribution in [0.3, 0.4) is 0 Å². The average molecular weight is 363 g/mol. The molecule has 7 heteroatoms. The smallest absolute Gasteiger partial charge is 0.153 e. The molecule has 134 valence electrons. The number of hydrogen-bond donors (Lipinski definition) is 2. The van der Waals surface area contributed by atoms with Crippen LogP contribution in [0.15, 0.2) is 42.7 Å². The van der Waals surface area contributed by atoms with Gasteiger partial charge in [0.05, 0.1) is 17.6 Å². The van der Waals surface area contributed by atoms with E-state index >= 15 is 0 Å². The number of halogens is 1. The first-order valence-corrected chi connectivity index (χ1v) is 9.62. The third-order valence-corrected chi connectivity index (χ3v) is 5.16. The predicted molar refractivity (Wildman–Crippen MR) is 97.6 cm³/mol. The zero-order valence-electron chi connectivity index (χ0n) is 13.9. The minimum absolute atomic E-state index is 0.269. The van der Waals surface area contributed by atoms with E-state index < -0.39 is 11.1 Å². The summed E-state index contributed by atoms with van der Waals surface area (Å²) in [6.45, 7) is 2.40. The Labute approximate surface area is 149 Å². The van der Waals surface area contributed by atoms with E-state index in [9.17, 15) is 8.60 Å². The molecule has 2 heterocycles. The topological polar surface area (TPSA) is 65.5 Å². The van der Waals surface area contributed by atoms with E-state index in [1.54, 1.807) is 18.5 Å². The number of anilines is 2. The summed E-state index contributed by atoms with van der Waals surface area (Å²) in [4.78, 5) is 6.31. The summed E-state index contributed by atoms with van der Waals surface area (Å²) in [7, 11) is 0. The van der Waals surface area contributed by atoms with Crippen LogP contribution in [0.5, 0.6) is 0 Å². The van der Waals surface area contributed by atoms with Gasteiger partial charge in [-0.05, 0) is 67.7 Å². The van der Waals surface area contributed by atoms with E-state index in [1.165, 1.54) is 6.07 Å². The van der Waals surface area contributed by atoms with Crippen LogP contribution < -0.4 is 5.32 Å². The summed E-state index contributed by atoms with van der Waals surface area (Å²) in [5.41, 5.74) is 2.43. The molecule has 5 nitrogen and oxygen atoms in total. The van der Waals surface area contributed by atoms with Crippen molar-refractivity contribution in [3.05, 3.63) is 54.1 Å². The fourth-order valence-electron chi connectivity index (χ4n) is 3.19. The van der Waals surface area contributed by atoms with E-state index in [1.807, 2.05) is 18.2 Å². The van der Waals surface area contributed by atoms with Crippen molar-refractivity contribution >= 4 is 22.5 Å². The highest BCUT2D eigenvalue weighted by Crippen LogP contribution is 2.23. The largest absolute Gasteiger partial charge is 0.354 e. The highest BCUT2D eigenvalue weighted by molar-refractivity contribution is 7.79. The molecule has 0 saturated carbocycles. The molecular formula is C18H22FN3O2S. The number of aromatic nitrogens is 1. The van der Waals surface area contributed by atoms with Crippen LogP contribution in [0, 0.1) is 11.7 Å². The summed E-state index contributed by atoms with van der Waals surface area (Å²) < 4.78 is 33.9. The fraction of sp³-hybridized carbons (Fsp3) is 0.389. The number of nitrogens with one attached hydrogen (secondary N) is 1. The lowest BCUT2D eigenvalue weighted by molar-refractivity contribution is 0.186. The molecule has 1 aliphatic heterocycles. The summed E-state index contributed by atoms with van der Waals surface area (Å²) in [5.74, 6) is 0.388. The number of pyridine rings is 1. The van der Waals surface area contributed by atoms with Crippen LogP contribution in [0.4, 0.5) is 15.8 Å². The Balaban J connectivity index is 1.60. The monoisotopic (exact) mass is 363 g/mol. The Kier molecular flexibility index (Phi) is 6.12. The van der Waals surface area contributed by atoms with Gasteiger partial charge in [-0.25, -0.2) is 8.60 Å². The normalized spacial score (nSPS) is 17.4. The zero-order chi connectivity index (χ0) is 17.6. The molecule has 0 aliphatic carbocycles. The first-order chi connectivity index (χ1) is 12.1. The van der Waals surface area contributed by atoms with E-state index in [0.717, 1.165) is 37.2 Å². The standard InChI is InChI=1S/C18H22FN3O2S/c19-16-8-15(9-18(10-16)21-17-2-1-5-20-11-17)12-22-6-3-14(4-7-22)13-25(23)24/h1-2,5,8-11,14,21H,3-4,6-7,12-13H2,(H,23,24). The zero-order valence-corrected chi connectivity index (χ0v) is 14.7. The average Bonchev–Trinajstić information content (AvgIpc) is 2.56. The Hall–Kier alpha value is -1.83. The van der Waals surface area contributed by atoms with Gasteiger partial charge in [0.2, 0.25) is 0 Å². The van der Waals surface area contributed by atoms with E-state index in [-0.39, 0.29) is 5.82 Å². The Morgan fingerprint density at radius 1 is 1.28 bits per heavy atom. The van der Waals surface area contributed by atoms with Gasteiger partial charge in [0.1, 0.15) is 5.82 Å². The Morgan fingerprint density at radius 3 is 2.76 bits per heavy atom. The summed E-state index contributed by atoms with van der Waals surface area (Å²) >= 11 is -1.72. The van der Waals surface area contributed by atoms with Crippen molar-refractivity contribution in [3.63, 3.8) is 0 Å². The van der Waals surface area contributed by atoms with Gasteiger partial charge in [-0.2, -0.15) is 0 Å². The molecule has 1 unspecified atom stereocenters. The number of benzene rings is 1. The molecular weight excluding hydrogens is 341 g/mol. The number of likely N-dealkylation sites (tertiary alicyclic amines) is 1. The van der Waals surface area contributed by atoms with E-state index in [2.05, 4.69) is 15.2 Å². The van der Waals surface area contributed by atoms with Crippen LogP contribution in [-0.4, -0.2) is 37.5 Å². The van der Waals surface area contributed by atoms with Crippen molar-refractivity contribution in [1.29, 1.82) is 0 Å². The van der Waals surface area contributed by atoms with Crippen molar-refractivity contribution < 1.29 is 13.2 Å². The number of piperidine rings is 1. The quantitative estimate of drug-likeness (QED) is 0.770. The highest BCUT2D eigenvalue weighted by atomic mass is 32.2. The van der Waals surface area contributed by atoms with Gasteiger partial charge in [0.25, 0.3) is 0 Å².